The van der Waals surface area contributed by atoms with Crippen LogP contribution >= 0.6 is 0 Å². The van der Waals surface area contributed by atoms with Gasteiger partial charge in [-0.15, -0.1) is 0 Å². The number of hydrogen-bond donors (Lipinski definition) is 1. The first-order valence-electron chi connectivity index (χ1n) is 9.19. The summed E-state index contributed by atoms with van der Waals surface area (Å²) in [5.41, 5.74) is 2.40. The molecule has 0 amide bonds. The monoisotopic (exact) mass is 358 g/mol. The van der Waals surface area contributed by atoms with Crippen molar-refractivity contribution in [2.75, 3.05) is 7.11 Å². The van der Waals surface area contributed by atoms with Crippen LogP contribution in [0.4, 0.5) is 0 Å². The topological polar surface area (TPSA) is 64.4 Å². The number of benzene rings is 1. The van der Waals surface area contributed by atoms with Gasteiger partial charge in [-0.1, -0.05) is 50.1 Å². The fourth-order valence-corrected chi connectivity index (χ4v) is 3.11. The molecule has 142 valence electrons. The summed E-state index contributed by atoms with van der Waals surface area (Å²) in [7, 11) is 1.40. The van der Waals surface area contributed by atoms with Crippen molar-refractivity contribution in [3.05, 3.63) is 42.4 Å². The molecule has 0 fully saturated rings. The van der Waals surface area contributed by atoms with Crippen LogP contribution in [-0.4, -0.2) is 33.3 Å². The van der Waals surface area contributed by atoms with Gasteiger partial charge in [0, 0.05) is 11.3 Å². The largest absolute Gasteiger partial charge is 0.468 e. The van der Waals surface area contributed by atoms with E-state index in [1.54, 1.807) is 6.33 Å². The number of ether oxygens (including phenoxy) is 1. The molecule has 0 aliphatic rings. The standard InChI is InChI=1S/C21H30N2O3/c1-16(9-8-12-21(2,3)25)13-18-20(17-10-6-5-7-11-17)22-15-23(18)14-19(24)26-4/h5-7,10-11,15-16,25H,8-9,12-14H2,1-4H3/t16-/m0/s1. The molecule has 0 saturated carbocycles. The molecule has 0 radical (unpaired) electrons. The van der Waals surface area contributed by atoms with Crippen molar-refractivity contribution in [3.63, 3.8) is 0 Å². The highest BCUT2D eigenvalue weighted by Gasteiger charge is 2.18. The van der Waals surface area contributed by atoms with Gasteiger partial charge in [0.15, 0.2) is 0 Å². The fraction of sp³-hybridized carbons (Fsp3) is 0.524. The Balaban J connectivity index is 2.17. The average Bonchev–Trinajstić information content (AvgIpc) is 2.96. The van der Waals surface area contributed by atoms with E-state index in [1.165, 1.54) is 7.11 Å². The van der Waals surface area contributed by atoms with E-state index >= 15 is 0 Å². The minimum Gasteiger partial charge on any atom is -0.468 e. The minimum atomic E-state index is -0.623. The van der Waals surface area contributed by atoms with E-state index in [1.807, 2.05) is 48.7 Å². The lowest BCUT2D eigenvalue weighted by Gasteiger charge is -2.19. The highest BCUT2D eigenvalue weighted by molar-refractivity contribution is 5.70. The van der Waals surface area contributed by atoms with E-state index in [0.717, 1.165) is 42.6 Å². The summed E-state index contributed by atoms with van der Waals surface area (Å²) < 4.78 is 6.71. The second-order valence-electron chi connectivity index (χ2n) is 7.62. The first kappa shape index (κ1) is 20.2. The number of rotatable bonds is 9. The summed E-state index contributed by atoms with van der Waals surface area (Å²) in [6, 6.07) is 10.0. The lowest BCUT2D eigenvalue weighted by Crippen LogP contribution is -2.19. The number of carbonyl (C=O) groups is 1. The molecule has 1 N–H and O–H groups in total. The molecule has 0 aliphatic carbocycles. The first-order chi connectivity index (χ1) is 12.3. The van der Waals surface area contributed by atoms with Crippen LogP contribution < -0.4 is 0 Å². The van der Waals surface area contributed by atoms with E-state index in [-0.39, 0.29) is 12.5 Å². The van der Waals surface area contributed by atoms with Crippen molar-refractivity contribution in [2.24, 2.45) is 5.92 Å². The summed E-state index contributed by atoms with van der Waals surface area (Å²) in [5.74, 6) is 0.144. The predicted molar refractivity (Wildman–Crippen MR) is 103 cm³/mol. The number of nitrogens with zero attached hydrogens (tertiary/aromatic N) is 2. The molecule has 0 spiro atoms. The molecule has 0 saturated heterocycles. The van der Waals surface area contributed by atoms with E-state index in [9.17, 15) is 9.90 Å². The third-order valence-electron chi connectivity index (χ3n) is 4.55. The Morgan fingerprint density at radius 3 is 2.62 bits per heavy atom. The smallest absolute Gasteiger partial charge is 0.325 e. The number of esters is 1. The highest BCUT2D eigenvalue weighted by Crippen LogP contribution is 2.26. The van der Waals surface area contributed by atoms with Gasteiger partial charge < -0.3 is 14.4 Å². The molecule has 1 aromatic heterocycles. The zero-order chi connectivity index (χ0) is 19.2. The maximum atomic E-state index is 11.7. The first-order valence-corrected chi connectivity index (χ1v) is 9.19. The average molecular weight is 358 g/mol. The van der Waals surface area contributed by atoms with Gasteiger partial charge in [0.05, 0.1) is 24.7 Å². The number of methoxy groups -OCH3 is 1. The van der Waals surface area contributed by atoms with Gasteiger partial charge in [-0.25, -0.2) is 4.98 Å². The maximum absolute atomic E-state index is 11.7. The Hall–Kier alpha value is -2.14. The lowest BCUT2D eigenvalue weighted by atomic mass is 9.93. The van der Waals surface area contributed by atoms with Crippen LogP contribution in [0.15, 0.2) is 36.7 Å². The lowest BCUT2D eigenvalue weighted by molar-refractivity contribution is -0.141. The molecule has 2 rings (SSSR count). The highest BCUT2D eigenvalue weighted by atomic mass is 16.5. The van der Waals surface area contributed by atoms with Gasteiger partial charge in [0.25, 0.3) is 0 Å². The normalized spacial score (nSPS) is 12.8. The molecule has 1 heterocycles. The van der Waals surface area contributed by atoms with Gasteiger partial charge in [-0.3, -0.25) is 4.79 Å². The quantitative estimate of drug-likeness (QED) is 0.692. The van der Waals surface area contributed by atoms with E-state index in [0.29, 0.717) is 5.92 Å². The van der Waals surface area contributed by atoms with Gasteiger partial charge in [0.1, 0.15) is 6.54 Å². The zero-order valence-electron chi connectivity index (χ0n) is 16.2. The second-order valence-corrected chi connectivity index (χ2v) is 7.62. The molecular weight excluding hydrogens is 328 g/mol. The van der Waals surface area contributed by atoms with Crippen LogP contribution in [0.2, 0.25) is 0 Å². The Kier molecular flexibility index (Phi) is 6.98. The van der Waals surface area contributed by atoms with Crippen LogP contribution in [-0.2, 0) is 22.5 Å². The van der Waals surface area contributed by atoms with Crippen molar-refractivity contribution in [1.82, 2.24) is 9.55 Å². The van der Waals surface area contributed by atoms with Crippen LogP contribution in [0.3, 0.4) is 0 Å². The zero-order valence-corrected chi connectivity index (χ0v) is 16.2. The van der Waals surface area contributed by atoms with Crippen molar-refractivity contribution in [1.29, 1.82) is 0 Å². The molecule has 26 heavy (non-hydrogen) atoms. The van der Waals surface area contributed by atoms with E-state index < -0.39 is 5.60 Å². The van der Waals surface area contributed by atoms with Gasteiger partial charge in [0.2, 0.25) is 0 Å². The third-order valence-corrected chi connectivity index (χ3v) is 4.55. The Morgan fingerprint density at radius 1 is 1.31 bits per heavy atom. The number of carbonyl (C=O) groups excluding carboxylic acids is 1. The fourth-order valence-electron chi connectivity index (χ4n) is 3.11. The van der Waals surface area contributed by atoms with Gasteiger partial charge >= 0.3 is 5.97 Å². The summed E-state index contributed by atoms with van der Waals surface area (Å²) in [5, 5.41) is 9.88. The molecule has 1 atom stereocenters. The molecule has 5 nitrogen and oxygen atoms in total. The SMILES string of the molecule is COC(=O)Cn1cnc(-c2ccccc2)c1C[C@@H](C)CCCC(C)(C)O. The molecule has 1 aromatic carbocycles. The van der Waals surface area contributed by atoms with Crippen molar-refractivity contribution >= 4 is 5.97 Å². The summed E-state index contributed by atoms with van der Waals surface area (Å²) >= 11 is 0. The predicted octanol–water partition coefficient (Wildman–Crippen LogP) is 3.84. The van der Waals surface area contributed by atoms with Crippen LogP contribution in [0.5, 0.6) is 0 Å². The molecular formula is C21H30N2O3. The van der Waals surface area contributed by atoms with Gasteiger partial charge in [-0.2, -0.15) is 0 Å². The maximum Gasteiger partial charge on any atom is 0.325 e. The van der Waals surface area contributed by atoms with Gasteiger partial charge in [-0.05, 0) is 32.6 Å². The van der Waals surface area contributed by atoms with Crippen molar-refractivity contribution in [2.45, 2.75) is 58.6 Å². The molecule has 5 heteroatoms. The van der Waals surface area contributed by atoms with Crippen LogP contribution in [0.25, 0.3) is 11.3 Å². The molecule has 0 bridgehead atoms. The summed E-state index contributed by atoms with van der Waals surface area (Å²) in [6.45, 7) is 6.06. The third kappa shape index (κ3) is 5.99. The Labute approximate surface area is 156 Å². The number of imidazole rings is 1. The minimum absolute atomic E-state index is 0.169. The Morgan fingerprint density at radius 2 is 2.00 bits per heavy atom. The second kappa shape index (κ2) is 8.99. The van der Waals surface area contributed by atoms with E-state index in [4.69, 9.17) is 4.74 Å². The molecule has 0 aliphatic heterocycles. The van der Waals surface area contributed by atoms with Crippen LogP contribution in [0, 0.1) is 5.92 Å². The summed E-state index contributed by atoms with van der Waals surface area (Å²) in [4.78, 5) is 16.3. The Bertz CT molecular complexity index is 702. The van der Waals surface area contributed by atoms with Crippen molar-refractivity contribution in [3.8, 4) is 11.3 Å². The number of aromatic nitrogens is 2. The number of aliphatic hydroxyl groups is 1. The number of hydrogen-bond acceptors (Lipinski definition) is 4. The van der Waals surface area contributed by atoms with Crippen LogP contribution in [0.1, 0.15) is 45.7 Å². The summed E-state index contributed by atoms with van der Waals surface area (Å²) in [6.07, 6.45) is 5.31. The molecule has 2 aromatic rings. The van der Waals surface area contributed by atoms with Crippen molar-refractivity contribution < 1.29 is 14.6 Å². The molecule has 0 unspecified atom stereocenters. The van der Waals surface area contributed by atoms with E-state index in [2.05, 4.69) is 11.9 Å².